The van der Waals surface area contributed by atoms with E-state index in [1.165, 1.54) is 11.8 Å². The van der Waals surface area contributed by atoms with Crippen molar-refractivity contribution in [3.63, 3.8) is 0 Å². The van der Waals surface area contributed by atoms with Gasteiger partial charge in [0.15, 0.2) is 27.2 Å². The van der Waals surface area contributed by atoms with Gasteiger partial charge in [-0.05, 0) is 50.3 Å². The smallest absolute Gasteiger partial charge is 0.185 e. The molecule has 0 saturated carbocycles. The lowest BCUT2D eigenvalue weighted by molar-refractivity contribution is 0.0640. The topological polar surface area (TPSA) is 90.9 Å². The van der Waals surface area contributed by atoms with E-state index in [4.69, 9.17) is 24.2 Å². The molecular formula is C28H39N3O5S. The standard InChI is InChI=1S/C26H33N3O5S.C2H6/c1-5-6-20-18(3)17(2)7-8-21(20)24-27-23(26(35(4,30)31)9-12-32-13-10-26)22-25(28-24)29-11-14-33-15-19(29)16-34-22;1-2/h5-8,19H,9-16H2,1-4H3;1-2H3/b6-5-;. The molecule has 0 aliphatic carbocycles. The average Bonchev–Trinajstić information content (AvgIpc) is 2.91. The van der Waals surface area contributed by atoms with E-state index in [1.54, 1.807) is 0 Å². The van der Waals surface area contributed by atoms with Gasteiger partial charge in [-0.25, -0.2) is 18.4 Å². The number of anilines is 1. The second kappa shape index (κ2) is 11.1. The molecule has 0 N–H and O–H groups in total. The van der Waals surface area contributed by atoms with Crippen molar-refractivity contribution >= 4 is 21.7 Å². The number of aryl methyl sites for hydroxylation is 1. The fourth-order valence-electron chi connectivity index (χ4n) is 5.35. The highest BCUT2D eigenvalue weighted by Gasteiger charge is 2.50. The van der Waals surface area contributed by atoms with Gasteiger partial charge in [0.25, 0.3) is 0 Å². The summed E-state index contributed by atoms with van der Waals surface area (Å²) in [5.74, 6) is 1.65. The number of sulfone groups is 1. The Morgan fingerprint density at radius 3 is 2.46 bits per heavy atom. The first-order valence-electron chi connectivity index (χ1n) is 13.2. The lowest BCUT2D eigenvalue weighted by Crippen LogP contribution is -2.52. The molecule has 3 aliphatic rings. The van der Waals surface area contributed by atoms with E-state index < -0.39 is 14.6 Å². The summed E-state index contributed by atoms with van der Waals surface area (Å²) in [7, 11) is -3.54. The molecule has 0 spiro atoms. The van der Waals surface area contributed by atoms with Crippen molar-refractivity contribution < 1.29 is 22.6 Å². The van der Waals surface area contributed by atoms with Crippen LogP contribution in [0.3, 0.4) is 0 Å². The zero-order valence-electron chi connectivity index (χ0n) is 22.8. The van der Waals surface area contributed by atoms with Gasteiger partial charge >= 0.3 is 0 Å². The van der Waals surface area contributed by atoms with Gasteiger partial charge in [-0.15, -0.1) is 0 Å². The first-order valence-corrected chi connectivity index (χ1v) is 15.1. The van der Waals surface area contributed by atoms with Crippen molar-refractivity contribution in [3.8, 4) is 17.1 Å². The third-order valence-electron chi connectivity index (χ3n) is 7.57. The third-order valence-corrected chi connectivity index (χ3v) is 9.59. The molecule has 202 valence electrons. The number of hydrogen-bond acceptors (Lipinski definition) is 8. The molecule has 1 unspecified atom stereocenters. The van der Waals surface area contributed by atoms with E-state index in [0.29, 0.717) is 75.5 Å². The first-order chi connectivity index (χ1) is 17.8. The summed E-state index contributed by atoms with van der Waals surface area (Å²) in [5.41, 5.74) is 4.69. The Balaban J connectivity index is 0.00000156. The summed E-state index contributed by atoms with van der Waals surface area (Å²) in [5, 5.41) is 0. The van der Waals surface area contributed by atoms with Crippen molar-refractivity contribution in [1.29, 1.82) is 0 Å². The molecule has 2 saturated heterocycles. The van der Waals surface area contributed by atoms with Gasteiger partial charge in [0.1, 0.15) is 17.0 Å². The maximum Gasteiger partial charge on any atom is 0.185 e. The molecule has 2 fully saturated rings. The number of benzene rings is 1. The second-order valence-electron chi connectivity index (χ2n) is 9.63. The van der Waals surface area contributed by atoms with Gasteiger partial charge in [0, 0.05) is 31.6 Å². The number of nitrogens with zero attached hydrogens (tertiary/aromatic N) is 3. The molecule has 1 aromatic carbocycles. The van der Waals surface area contributed by atoms with Crippen LogP contribution in [-0.2, 0) is 24.1 Å². The van der Waals surface area contributed by atoms with Gasteiger partial charge in [0.05, 0.1) is 19.3 Å². The van der Waals surface area contributed by atoms with Crippen molar-refractivity contribution in [1.82, 2.24) is 9.97 Å². The highest BCUT2D eigenvalue weighted by Crippen LogP contribution is 2.48. The molecule has 8 nitrogen and oxygen atoms in total. The quantitative estimate of drug-likeness (QED) is 0.573. The van der Waals surface area contributed by atoms with Crippen LogP contribution in [-0.4, -0.2) is 70.3 Å². The number of ether oxygens (including phenoxy) is 3. The highest BCUT2D eigenvalue weighted by molar-refractivity contribution is 7.91. The van der Waals surface area contributed by atoms with Crippen LogP contribution in [0.1, 0.15) is 56.0 Å². The number of fused-ring (bicyclic) bond motifs is 3. The Kier molecular flexibility index (Phi) is 8.26. The molecule has 0 bridgehead atoms. The molecule has 37 heavy (non-hydrogen) atoms. The Bertz CT molecular complexity index is 1270. The minimum atomic E-state index is -3.54. The van der Waals surface area contributed by atoms with Crippen molar-refractivity contribution in [2.75, 3.05) is 50.7 Å². The van der Waals surface area contributed by atoms with Crippen LogP contribution in [0.2, 0.25) is 0 Å². The van der Waals surface area contributed by atoms with E-state index in [1.807, 2.05) is 32.9 Å². The number of morpholine rings is 1. The van der Waals surface area contributed by atoms with Crippen LogP contribution in [0.25, 0.3) is 17.5 Å². The third kappa shape index (κ3) is 4.89. The summed E-state index contributed by atoms with van der Waals surface area (Å²) < 4.78 is 43.1. The largest absolute Gasteiger partial charge is 0.486 e. The molecular weight excluding hydrogens is 490 g/mol. The second-order valence-corrected chi connectivity index (χ2v) is 12.0. The van der Waals surface area contributed by atoms with Gasteiger partial charge in [-0.3, -0.25) is 0 Å². The Labute approximate surface area is 221 Å². The van der Waals surface area contributed by atoms with Crippen LogP contribution >= 0.6 is 0 Å². The predicted molar refractivity (Wildman–Crippen MR) is 147 cm³/mol. The van der Waals surface area contributed by atoms with E-state index in [-0.39, 0.29) is 6.04 Å². The number of allylic oxidation sites excluding steroid dienone is 1. The summed E-state index contributed by atoms with van der Waals surface area (Å²) >= 11 is 0. The van der Waals surface area contributed by atoms with Crippen LogP contribution in [0, 0.1) is 13.8 Å². The fraction of sp³-hybridized carbons (Fsp3) is 0.571. The van der Waals surface area contributed by atoms with Crippen LogP contribution in [0.15, 0.2) is 18.2 Å². The van der Waals surface area contributed by atoms with E-state index in [0.717, 1.165) is 16.7 Å². The zero-order chi connectivity index (χ0) is 26.8. The fourth-order valence-corrected chi connectivity index (χ4v) is 6.74. The highest BCUT2D eigenvalue weighted by atomic mass is 32.2. The van der Waals surface area contributed by atoms with E-state index in [9.17, 15) is 8.42 Å². The monoisotopic (exact) mass is 529 g/mol. The molecule has 1 aromatic heterocycles. The maximum atomic E-state index is 13.4. The Morgan fingerprint density at radius 2 is 1.78 bits per heavy atom. The normalized spacial score (nSPS) is 20.9. The molecule has 5 rings (SSSR count). The molecule has 3 aliphatic heterocycles. The molecule has 0 radical (unpaired) electrons. The van der Waals surface area contributed by atoms with Gasteiger partial charge in [-0.2, -0.15) is 0 Å². The zero-order valence-corrected chi connectivity index (χ0v) is 23.7. The molecule has 4 heterocycles. The van der Waals surface area contributed by atoms with Crippen LogP contribution in [0.4, 0.5) is 5.82 Å². The van der Waals surface area contributed by atoms with Gasteiger partial charge in [-0.1, -0.05) is 38.1 Å². The average molecular weight is 530 g/mol. The van der Waals surface area contributed by atoms with E-state index >= 15 is 0 Å². The number of aromatic nitrogens is 2. The van der Waals surface area contributed by atoms with Crippen LogP contribution in [0.5, 0.6) is 5.75 Å². The molecule has 9 heteroatoms. The first kappa shape index (κ1) is 27.5. The molecule has 0 amide bonds. The SMILES string of the molecule is C/C=C\c1c(-c2nc3c(c(C4(S(C)(=O)=O)CCOCC4)n2)OCC2COCCN32)ccc(C)c1C.CC. The van der Waals surface area contributed by atoms with E-state index in [2.05, 4.69) is 30.9 Å². The summed E-state index contributed by atoms with van der Waals surface area (Å²) in [6, 6.07) is 4.13. The Hall–Kier alpha value is -2.49. The lowest BCUT2D eigenvalue weighted by atomic mass is 9.92. The summed E-state index contributed by atoms with van der Waals surface area (Å²) in [6.45, 7) is 13.1. The van der Waals surface area contributed by atoms with Crippen molar-refractivity contribution in [2.24, 2.45) is 0 Å². The predicted octanol–water partition coefficient (Wildman–Crippen LogP) is 4.47. The number of rotatable bonds is 4. The van der Waals surface area contributed by atoms with Gasteiger partial charge < -0.3 is 19.1 Å². The minimum Gasteiger partial charge on any atom is -0.486 e. The van der Waals surface area contributed by atoms with Crippen LogP contribution < -0.4 is 9.64 Å². The van der Waals surface area contributed by atoms with Gasteiger partial charge in [0.2, 0.25) is 0 Å². The molecule has 1 atom stereocenters. The molecule has 2 aromatic rings. The lowest BCUT2D eigenvalue weighted by Gasteiger charge is -2.43. The van der Waals surface area contributed by atoms with Crippen molar-refractivity contribution in [2.45, 2.75) is 58.2 Å². The minimum absolute atomic E-state index is 0.0329. The maximum absolute atomic E-state index is 13.4. The Morgan fingerprint density at radius 1 is 1.05 bits per heavy atom. The number of hydrogen-bond donors (Lipinski definition) is 0. The summed E-state index contributed by atoms with van der Waals surface area (Å²) in [4.78, 5) is 12.2. The summed E-state index contributed by atoms with van der Waals surface area (Å²) in [6.07, 6.45) is 6.03. The van der Waals surface area contributed by atoms with Crippen molar-refractivity contribution in [3.05, 3.63) is 40.6 Å².